The van der Waals surface area contributed by atoms with Crippen LogP contribution in [0.2, 0.25) is 0 Å². The van der Waals surface area contributed by atoms with Crippen molar-refractivity contribution in [1.29, 1.82) is 5.41 Å². The Kier molecular flexibility index (Phi) is 6.69. The molecule has 0 amide bonds. The van der Waals surface area contributed by atoms with Crippen molar-refractivity contribution in [1.82, 2.24) is 14.9 Å². The molecule has 0 spiro atoms. The van der Waals surface area contributed by atoms with Crippen molar-refractivity contribution < 1.29 is 17.9 Å². The van der Waals surface area contributed by atoms with Gasteiger partial charge >= 0.3 is 0 Å². The molecule has 1 aromatic heterocycles. The van der Waals surface area contributed by atoms with E-state index in [1.54, 1.807) is 4.57 Å². The Labute approximate surface area is 184 Å². The molecular formula is C22H27F3N6O. The second-order valence-corrected chi connectivity index (χ2v) is 8.15. The molecule has 0 unspecified atom stereocenters. The first-order valence-electron chi connectivity index (χ1n) is 10.8. The number of benzene rings is 1. The number of hydrogen-bond donors (Lipinski definition) is 4. The number of hydrogen-bond acceptors (Lipinski definition) is 6. The molecule has 32 heavy (non-hydrogen) atoms. The zero-order chi connectivity index (χ0) is 22.7. The summed E-state index contributed by atoms with van der Waals surface area (Å²) in [4.78, 5) is 4.37. The molecule has 4 rings (SSSR count). The number of ether oxygens (including phenoxy) is 1. The van der Waals surface area contributed by atoms with Crippen LogP contribution in [0.4, 0.5) is 30.6 Å². The standard InChI is InChI=1S/C22H27F3N6O/c1-13(27-15-5-3-2-4-6-15)28-21-19(11-26)29-22(31(21)16-7-8-32-12-16)30-20-17(24)9-14(23)10-18(20)25/h9-11,15-16,26-28H,1-8,12H2,(H,29,30)/t16-/m0/s1. The molecule has 2 aromatic rings. The van der Waals surface area contributed by atoms with E-state index in [1.165, 1.54) is 6.42 Å². The number of halogens is 3. The van der Waals surface area contributed by atoms with E-state index >= 15 is 0 Å². The average Bonchev–Trinajstić information content (AvgIpc) is 3.39. The van der Waals surface area contributed by atoms with E-state index in [1.807, 2.05) is 0 Å². The van der Waals surface area contributed by atoms with Crippen LogP contribution in [-0.2, 0) is 4.74 Å². The molecule has 7 nitrogen and oxygen atoms in total. The van der Waals surface area contributed by atoms with E-state index in [-0.39, 0.29) is 17.7 Å². The number of anilines is 3. The Balaban J connectivity index is 1.66. The molecule has 2 aliphatic rings. The number of aromatic nitrogens is 2. The van der Waals surface area contributed by atoms with Gasteiger partial charge in [-0.05, 0) is 19.3 Å². The van der Waals surface area contributed by atoms with Crippen molar-refractivity contribution in [3.05, 3.63) is 47.7 Å². The Bertz CT molecular complexity index is 973. The smallest absolute Gasteiger partial charge is 0.210 e. The molecule has 0 radical (unpaired) electrons. The van der Waals surface area contributed by atoms with Gasteiger partial charge in [0, 0.05) is 31.0 Å². The molecule has 10 heteroatoms. The van der Waals surface area contributed by atoms with Crippen LogP contribution >= 0.6 is 0 Å². The zero-order valence-corrected chi connectivity index (χ0v) is 17.7. The maximum Gasteiger partial charge on any atom is 0.210 e. The monoisotopic (exact) mass is 448 g/mol. The Morgan fingerprint density at radius 3 is 2.50 bits per heavy atom. The van der Waals surface area contributed by atoms with Gasteiger partial charge in [0.15, 0.2) is 11.6 Å². The van der Waals surface area contributed by atoms with E-state index in [4.69, 9.17) is 10.1 Å². The van der Waals surface area contributed by atoms with Gasteiger partial charge in [-0.3, -0.25) is 4.57 Å². The topological polar surface area (TPSA) is 87.0 Å². The van der Waals surface area contributed by atoms with E-state index < -0.39 is 23.1 Å². The van der Waals surface area contributed by atoms with Crippen LogP contribution in [0.25, 0.3) is 0 Å². The second kappa shape index (κ2) is 9.64. The van der Waals surface area contributed by atoms with E-state index in [9.17, 15) is 13.2 Å². The van der Waals surface area contributed by atoms with Crippen LogP contribution in [0.15, 0.2) is 24.5 Å². The summed E-state index contributed by atoms with van der Waals surface area (Å²) in [5.41, 5.74) is -0.243. The maximum absolute atomic E-state index is 14.3. The first-order chi connectivity index (χ1) is 15.5. The molecule has 2 fully saturated rings. The van der Waals surface area contributed by atoms with Gasteiger partial charge in [-0.2, -0.15) is 0 Å². The minimum atomic E-state index is -1.07. The maximum atomic E-state index is 14.3. The molecule has 1 aliphatic carbocycles. The van der Waals surface area contributed by atoms with Crippen molar-refractivity contribution in [3.8, 4) is 0 Å². The van der Waals surface area contributed by atoms with Gasteiger partial charge in [0.05, 0.1) is 18.5 Å². The molecule has 2 heterocycles. The Hall–Kier alpha value is -3.01. The minimum absolute atomic E-state index is 0.122. The Morgan fingerprint density at radius 2 is 1.88 bits per heavy atom. The summed E-state index contributed by atoms with van der Waals surface area (Å²) in [6.07, 6.45) is 7.40. The van der Waals surface area contributed by atoms with E-state index in [0.29, 0.717) is 49.4 Å². The van der Waals surface area contributed by atoms with Gasteiger partial charge in [0.25, 0.3) is 0 Å². The Morgan fingerprint density at radius 1 is 1.16 bits per heavy atom. The molecule has 4 N–H and O–H groups in total. The fourth-order valence-corrected chi connectivity index (χ4v) is 4.29. The van der Waals surface area contributed by atoms with Crippen LogP contribution < -0.4 is 16.0 Å². The molecule has 172 valence electrons. The third kappa shape index (κ3) is 4.74. The van der Waals surface area contributed by atoms with Gasteiger partial charge in [-0.15, -0.1) is 0 Å². The van der Waals surface area contributed by atoms with Crippen molar-refractivity contribution in [2.24, 2.45) is 0 Å². The van der Waals surface area contributed by atoms with Crippen LogP contribution in [0.5, 0.6) is 0 Å². The van der Waals surface area contributed by atoms with Crippen molar-refractivity contribution in [2.45, 2.75) is 50.6 Å². The molecule has 1 saturated heterocycles. The summed E-state index contributed by atoms with van der Waals surface area (Å²) in [6, 6.07) is 1.35. The normalized spacial score (nSPS) is 19.0. The SMILES string of the molecule is C=C(Nc1c(C=N)nc(Nc2c(F)cc(F)cc2F)n1[C@H]1CCOC1)NC1CCCCC1. The van der Waals surface area contributed by atoms with Gasteiger partial charge < -0.3 is 26.1 Å². The average molecular weight is 448 g/mol. The summed E-state index contributed by atoms with van der Waals surface area (Å²) in [6.45, 7) is 4.98. The van der Waals surface area contributed by atoms with Crippen LogP contribution in [0.1, 0.15) is 50.3 Å². The second-order valence-electron chi connectivity index (χ2n) is 8.15. The summed E-state index contributed by atoms with van der Waals surface area (Å²) in [7, 11) is 0. The number of imidazole rings is 1. The predicted molar refractivity (Wildman–Crippen MR) is 117 cm³/mol. The highest BCUT2D eigenvalue weighted by Crippen LogP contribution is 2.34. The lowest BCUT2D eigenvalue weighted by atomic mass is 9.96. The fraction of sp³-hybridized carbons (Fsp3) is 0.455. The number of rotatable bonds is 8. The first kappa shape index (κ1) is 22.2. The minimum Gasteiger partial charge on any atom is -0.379 e. The quantitative estimate of drug-likeness (QED) is 0.436. The highest BCUT2D eigenvalue weighted by Gasteiger charge is 2.28. The lowest BCUT2D eigenvalue weighted by Gasteiger charge is -2.26. The van der Waals surface area contributed by atoms with Gasteiger partial charge in [-0.1, -0.05) is 25.8 Å². The largest absolute Gasteiger partial charge is 0.379 e. The molecule has 1 saturated carbocycles. The van der Waals surface area contributed by atoms with Crippen LogP contribution in [-0.4, -0.2) is 35.0 Å². The van der Waals surface area contributed by atoms with E-state index in [2.05, 4.69) is 27.5 Å². The third-order valence-electron chi connectivity index (χ3n) is 5.84. The molecule has 1 aromatic carbocycles. The van der Waals surface area contributed by atoms with Crippen molar-refractivity contribution in [3.63, 3.8) is 0 Å². The van der Waals surface area contributed by atoms with Crippen LogP contribution in [0.3, 0.4) is 0 Å². The van der Waals surface area contributed by atoms with Gasteiger partial charge in [0.1, 0.15) is 23.0 Å². The molecular weight excluding hydrogens is 421 g/mol. The molecule has 1 aliphatic heterocycles. The fourth-order valence-electron chi connectivity index (χ4n) is 4.29. The van der Waals surface area contributed by atoms with Gasteiger partial charge in [-0.25, -0.2) is 18.2 Å². The highest BCUT2D eigenvalue weighted by molar-refractivity contribution is 5.84. The summed E-state index contributed by atoms with van der Waals surface area (Å²) in [5, 5.41) is 17.0. The van der Waals surface area contributed by atoms with Gasteiger partial charge in [0.2, 0.25) is 5.95 Å². The van der Waals surface area contributed by atoms with Crippen molar-refractivity contribution >= 4 is 23.7 Å². The van der Waals surface area contributed by atoms with Crippen molar-refractivity contribution in [2.75, 3.05) is 23.8 Å². The summed E-state index contributed by atoms with van der Waals surface area (Å²) >= 11 is 0. The first-order valence-corrected chi connectivity index (χ1v) is 10.8. The number of nitrogens with zero attached hydrogens (tertiary/aromatic N) is 2. The third-order valence-corrected chi connectivity index (χ3v) is 5.84. The predicted octanol–water partition coefficient (Wildman–Crippen LogP) is 4.81. The number of nitrogens with one attached hydrogen (secondary N) is 4. The lowest BCUT2D eigenvalue weighted by Crippen LogP contribution is -2.33. The summed E-state index contributed by atoms with van der Waals surface area (Å²) in [5.74, 6) is -2.01. The summed E-state index contributed by atoms with van der Waals surface area (Å²) < 4.78 is 49.1. The van der Waals surface area contributed by atoms with Crippen LogP contribution in [0, 0.1) is 22.9 Å². The molecule has 1 atom stereocenters. The molecule has 0 bridgehead atoms. The lowest BCUT2D eigenvalue weighted by molar-refractivity contribution is 0.187. The zero-order valence-electron chi connectivity index (χ0n) is 17.7. The van der Waals surface area contributed by atoms with E-state index in [0.717, 1.165) is 31.9 Å². The highest BCUT2D eigenvalue weighted by atomic mass is 19.1.